The molecule has 0 radical (unpaired) electrons. The molecule has 0 N–H and O–H groups in total. The Morgan fingerprint density at radius 3 is 2.85 bits per heavy atom. The number of nitriles is 1. The number of rotatable bonds is 6. The van der Waals surface area contributed by atoms with E-state index in [4.69, 9.17) is 14.4 Å². The molecule has 4 nitrogen and oxygen atoms in total. The highest BCUT2D eigenvalue weighted by Crippen LogP contribution is 2.21. The predicted molar refractivity (Wildman–Crippen MR) is 78.0 cm³/mol. The van der Waals surface area contributed by atoms with E-state index in [0.717, 1.165) is 23.6 Å². The van der Waals surface area contributed by atoms with Gasteiger partial charge in [-0.2, -0.15) is 5.26 Å². The number of thioether (sulfide) groups is 1. The maximum absolute atomic E-state index is 8.94. The molecule has 1 aromatic carbocycles. The lowest BCUT2D eigenvalue weighted by molar-refractivity contribution is 0.317. The molecule has 1 heterocycles. The molecule has 2 aromatic rings. The van der Waals surface area contributed by atoms with Gasteiger partial charge in [-0.1, -0.05) is 23.9 Å². The standard InChI is InChI=1S/C15H16N2O2S/c1-11-12(2)19-15(17-11)20-9-5-8-18-14-7-4-3-6-13(14)10-16/h3-4,6-7H,5,8-9H2,1-2H3. The molecule has 0 aliphatic heterocycles. The number of benzene rings is 1. The van der Waals surface area contributed by atoms with E-state index in [2.05, 4.69) is 11.1 Å². The third-order valence-electron chi connectivity index (χ3n) is 2.79. The van der Waals surface area contributed by atoms with Crippen molar-refractivity contribution in [2.24, 2.45) is 0 Å². The second-order valence-corrected chi connectivity index (χ2v) is 5.33. The third kappa shape index (κ3) is 3.78. The van der Waals surface area contributed by atoms with Gasteiger partial charge in [-0.05, 0) is 32.4 Å². The fraction of sp³-hybridized carbons (Fsp3) is 0.333. The number of nitrogens with zero attached hydrogens (tertiary/aromatic N) is 2. The molecule has 0 saturated heterocycles. The highest BCUT2D eigenvalue weighted by molar-refractivity contribution is 7.99. The van der Waals surface area contributed by atoms with E-state index in [1.807, 2.05) is 32.0 Å². The van der Waals surface area contributed by atoms with Crippen molar-refractivity contribution in [3.63, 3.8) is 0 Å². The minimum Gasteiger partial charge on any atom is -0.492 e. The van der Waals surface area contributed by atoms with Crippen molar-refractivity contribution in [1.82, 2.24) is 4.98 Å². The van der Waals surface area contributed by atoms with E-state index in [1.165, 1.54) is 0 Å². The van der Waals surface area contributed by atoms with Gasteiger partial charge in [0.05, 0.1) is 17.9 Å². The lowest BCUT2D eigenvalue weighted by Gasteiger charge is -2.06. The van der Waals surface area contributed by atoms with E-state index in [1.54, 1.807) is 17.8 Å². The summed E-state index contributed by atoms with van der Waals surface area (Å²) >= 11 is 1.58. The summed E-state index contributed by atoms with van der Waals surface area (Å²) in [4.78, 5) is 4.31. The van der Waals surface area contributed by atoms with Crippen LogP contribution in [0.5, 0.6) is 5.75 Å². The normalized spacial score (nSPS) is 10.2. The number of hydrogen-bond acceptors (Lipinski definition) is 5. The minimum atomic E-state index is 0.569. The fourth-order valence-corrected chi connectivity index (χ4v) is 2.41. The van der Waals surface area contributed by atoms with Gasteiger partial charge in [-0.15, -0.1) is 0 Å². The lowest BCUT2D eigenvalue weighted by atomic mass is 10.2. The van der Waals surface area contributed by atoms with Crippen LogP contribution in [0, 0.1) is 25.2 Å². The van der Waals surface area contributed by atoms with Gasteiger partial charge in [0.15, 0.2) is 0 Å². The number of aryl methyl sites for hydroxylation is 2. The molecule has 0 spiro atoms. The largest absolute Gasteiger partial charge is 0.492 e. The summed E-state index contributed by atoms with van der Waals surface area (Å²) in [5.74, 6) is 2.38. The third-order valence-corrected chi connectivity index (χ3v) is 3.70. The fourth-order valence-electron chi connectivity index (χ4n) is 1.59. The Morgan fingerprint density at radius 1 is 1.35 bits per heavy atom. The van der Waals surface area contributed by atoms with Crippen molar-refractivity contribution in [3.05, 3.63) is 41.3 Å². The highest BCUT2D eigenvalue weighted by Gasteiger charge is 2.06. The van der Waals surface area contributed by atoms with Gasteiger partial charge in [0.1, 0.15) is 17.6 Å². The molecule has 0 amide bonds. The van der Waals surface area contributed by atoms with Gasteiger partial charge in [0.2, 0.25) is 0 Å². The summed E-state index contributed by atoms with van der Waals surface area (Å²) in [6.45, 7) is 4.42. The molecular weight excluding hydrogens is 272 g/mol. The van der Waals surface area contributed by atoms with Crippen LogP contribution in [-0.4, -0.2) is 17.3 Å². The molecule has 0 saturated carbocycles. The maximum Gasteiger partial charge on any atom is 0.256 e. The average molecular weight is 288 g/mol. The molecule has 0 aliphatic rings. The molecule has 104 valence electrons. The number of aromatic nitrogens is 1. The van der Waals surface area contributed by atoms with Gasteiger partial charge >= 0.3 is 0 Å². The first-order valence-corrected chi connectivity index (χ1v) is 7.38. The summed E-state index contributed by atoms with van der Waals surface area (Å²) in [6, 6.07) is 9.37. The maximum atomic E-state index is 8.94. The van der Waals surface area contributed by atoms with Crippen LogP contribution in [0.1, 0.15) is 23.4 Å². The van der Waals surface area contributed by atoms with E-state index in [0.29, 0.717) is 23.1 Å². The highest BCUT2D eigenvalue weighted by atomic mass is 32.2. The average Bonchev–Trinajstić information content (AvgIpc) is 2.78. The van der Waals surface area contributed by atoms with Crippen LogP contribution in [0.2, 0.25) is 0 Å². The Balaban J connectivity index is 1.73. The second-order valence-electron chi connectivity index (χ2n) is 4.28. The quantitative estimate of drug-likeness (QED) is 0.599. The molecule has 20 heavy (non-hydrogen) atoms. The van der Waals surface area contributed by atoms with Crippen molar-refractivity contribution in [2.45, 2.75) is 25.5 Å². The van der Waals surface area contributed by atoms with Crippen molar-refractivity contribution in [2.75, 3.05) is 12.4 Å². The molecule has 0 atom stereocenters. The van der Waals surface area contributed by atoms with Crippen LogP contribution < -0.4 is 4.74 Å². The van der Waals surface area contributed by atoms with Crippen molar-refractivity contribution < 1.29 is 9.15 Å². The van der Waals surface area contributed by atoms with Gasteiger partial charge in [0.25, 0.3) is 5.22 Å². The number of oxazole rings is 1. The summed E-state index contributed by atoms with van der Waals surface area (Å²) < 4.78 is 11.1. The first kappa shape index (κ1) is 14.5. The van der Waals surface area contributed by atoms with Crippen molar-refractivity contribution in [3.8, 4) is 11.8 Å². The van der Waals surface area contributed by atoms with Crippen molar-refractivity contribution in [1.29, 1.82) is 5.26 Å². The van der Waals surface area contributed by atoms with E-state index < -0.39 is 0 Å². The molecule has 5 heteroatoms. The van der Waals surface area contributed by atoms with Crippen LogP contribution in [-0.2, 0) is 0 Å². The first-order valence-electron chi connectivity index (χ1n) is 6.39. The summed E-state index contributed by atoms with van der Waals surface area (Å²) in [7, 11) is 0. The summed E-state index contributed by atoms with van der Waals surface area (Å²) in [5.41, 5.74) is 1.51. The van der Waals surface area contributed by atoms with E-state index >= 15 is 0 Å². The van der Waals surface area contributed by atoms with Crippen LogP contribution in [0.25, 0.3) is 0 Å². The van der Waals surface area contributed by atoms with Gasteiger partial charge in [0, 0.05) is 5.75 Å². The summed E-state index contributed by atoms with van der Waals surface area (Å²) in [5, 5.41) is 9.65. The first-order chi connectivity index (χ1) is 9.70. The molecule has 0 aliphatic carbocycles. The Kier molecular flexibility index (Phi) is 5.08. The van der Waals surface area contributed by atoms with Crippen LogP contribution in [0.3, 0.4) is 0 Å². The van der Waals surface area contributed by atoms with Gasteiger partial charge in [-0.25, -0.2) is 4.98 Å². The topological polar surface area (TPSA) is 59.0 Å². The lowest BCUT2D eigenvalue weighted by Crippen LogP contribution is -2.00. The smallest absolute Gasteiger partial charge is 0.256 e. The zero-order chi connectivity index (χ0) is 14.4. The number of ether oxygens (including phenoxy) is 1. The minimum absolute atomic E-state index is 0.569. The molecule has 2 rings (SSSR count). The molecule has 0 fully saturated rings. The van der Waals surface area contributed by atoms with Crippen LogP contribution >= 0.6 is 11.8 Å². The molecule has 0 bridgehead atoms. The van der Waals surface area contributed by atoms with Gasteiger partial charge < -0.3 is 9.15 Å². The van der Waals surface area contributed by atoms with Gasteiger partial charge in [-0.3, -0.25) is 0 Å². The number of para-hydroxylation sites is 1. The Hall–Kier alpha value is -1.93. The van der Waals surface area contributed by atoms with Crippen LogP contribution in [0.4, 0.5) is 0 Å². The Labute approximate surface area is 122 Å². The van der Waals surface area contributed by atoms with E-state index in [-0.39, 0.29) is 0 Å². The second kappa shape index (κ2) is 7.01. The zero-order valence-electron chi connectivity index (χ0n) is 11.5. The Morgan fingerprint density at radius 2 is 2.15 bits per heavy atom. The number of hydrogen-bond donors (Lipinski definition) is 0. The zero-order valence-corrected chi connectivity index (χ0v) is 12.4. The SMILES string of the molecule is Cc1nc(SCCCOc2ccccc2C#N)oc1C. The Bertz CT molecular complexity index is 597. The molecule has 1 aromatic heterocycles. The van der Waals surface area contributed by atoms with Crippen molar-refractivity contribution >= 4 is 11.8 Å². The molecular formula is C15H16N2O2S. The van der Waals surface area contributed by atoms with E-state index in [9.17, 15) is 0 Å². The molecule has 0 unspecified atom stereocenters. The predicted octanol–water partition coefficient (Wildman–Crippen LogP) is 3.72. The monoisotopic (exact) mass is 288 g/mol. The van der Waals surface area contributed by atoms with Crippen LogP contribution in [0.15, 0.2) is 33.9 Å². The summed E-state index contributed by atoms with van der Waals surface area (Å²) in [6.07, 6.45) is 0.866.